The molecule has 3 rings (SSSR count). The Kier molecular flexibility index (Phi) is 3.43. The third-order valence-corrected chi connectivity index (χ3v) is 4.58. The zero-order valence-corrected chi connectivity index (χ0v) is 11.2. The summed E-state index contributed by atoms with van der Waals surface area (Å²) in [6.45, 7) is 2.19. The van der Waals surface area contributed by atoms with Crippen LogP contribution in [0.1, 0.15) is 36.6 Å². The van der Waals surface area contributed by atoms with E-state index in [4.69, 9.17) is 4.42 Å². The Bertz CT molecular complexity index is 509. The molecule has 0 saturated carbocycles. The molecule has 3 heteroatoms. The van der Waals surface area contributed by atoms with Crippen molar-refractivity contribution in [1.82, 2.24) is 5.32 Å². The SMILES string of the molecule is CC(NC1CCSc2ccccc21)c1ccoc1. The lowest BCUT2D eigenvalue weighted by molar-refractivity contribution is 0.446. The van der Waals surface area contributed by atoms with Gasteiger partial charge in [0.15, 0.2) is 0 Å². The minimum Gasteiger partial charge on any atom is -0.472 e. The predicted octanol–water partition coefficient (Wildman–Crippen LogP) is 4.17. The highest BCUT2D eigenvalue weighted by Crippen LogP contribution is 2.36. The second kappa shape index (κ2) is 5.21. The van der Waals surface area contributed by atoms with E-state index in [2.05, 4.69) is 36.5 Å². The standard InChI is InChI=1S/C15H17NOS/c1-11(12-6-8-17-10-12)16-14-7-9-18-15-5-3-2-4-13(14)15/h2-6,8,10-11,14,16H,7,9H2,1H3. The lowest BCUT2D eigenvalue weighted by atomic mass is 10.0. The summed E-state index contributed by atoms with van der Waals surface area (Å²) in [6, 6.07) is 11.5. The average Bonchev–Trinajstić information content (AvgIpc) is 2.93. The van der Waals surface area contributed by atoms with E-state index in [1.807, 2.05) is 24.1 Å². The van der Waals surface area contributed by atoms with Crippen molar-refractivity contribution in [1.29, 1.82) is 0 Å². The maximum absolute atomic E-state index is 5.15. The molecular weight excluding hydrogens is 242 g/mol. The molecule has 0 fully saturated rings. The molecule has 2 aromatic rings. The van der Waals surface area contributed by atoms with Crippen molar-refractivity contribution in [3.63, 3.8) is 0 Å². The molecule has 0 radical (unpaired) electrons. The van der Waals surface area contributed by atoms with E-state index in [0.717, 1.165) is 0 Å². The fourth-order valence-corrected chi connectivity index (χ4v) is 3.56. The van der Waals surface area contributed by atoms with Crippen LogP contribution in [0.5, 0.6) is 0 Å². The van der Waals surface area contributed by atoms with Gasteiger partial charge in [-0.15, -0.1) is 11.8 Å². The molecule has 94 valence electrons. The lowest BCUT2D eigenvalue weighted by Crippen LogP contribution is -2.27. The average molecular weight is 259 g/mol. The van der Waals surface area contributed by atoms with Crippen LogP contribution in [0.2, 0.25) is 0 Å². The summed E-state index contributed by atoms with van der Waals surface area (Å²) in [5.41, 5.74) is 2.65. The Labute approximate surface area is 112 Å². The first-order valence-corrected chi connectivity index (χ1v) is 7.33. The number of fused-ring (bicyclic) bond motifs is 1. The molecule has 2 atom stereocenters. The van der Waals surface area contributed by atoms with Crippen molar-refractivity contribution in [3.8, 4) is 0 Å². The summed E-state index contributed by atoms with van der Waals surface area (Å²) in [6.07, 6.45) is 4.74. The number of benzene rings is 1. The molecule has 1 N–H and O–H groups in total. The Morgan fingerprint density at radius 3 is 3.06 bits per heavy atom. The second-order valence-corrected chi connectivity index (χ2v) is 5.81. The van der Waals surface area contributed by atoms with Gasteiger partial charge in [0.25, 0.3) is 0 Å². The van der Waals surface area contributed by atoms with Gasteiger partial charge in [-0.3, -0.25) is 0 Å². The van der Waals surface area contributed by atoms with Crippen LogP contribution in [-0.4, -0.2) is 5.75 Å². The van der Waals surface area contributed by atoms with Crippen LogP contribution in [-0.2, 0) is 0 Å². The van der Waals surface area contributed by atoms with Crippen molar-refractivity contribution < 1.29 is 4.42 Å². The molecule has 0 saturated heterocycles. The quantitative estimate of drug-likeness (QED) is 0.895. The van der Waals surface area contributed by atoms with Gasteiger partial charge in [-0.2, -0.15) is 0 Å². The predicted molar refractivity (Wildman–Crippen MR) is 74.8 cm³/mol. The molecule has 2 unspecified atom stereocenters. The van der Waals surface area contributed by atoms with Crippen LogP contribution in [0, 0.1) is 0 Å². The molecular formula is C15H17NOS. The first kappa shape index (κ1) is 11.9. The van der Waals surface area contributed by atoms with Crippen molar-refractivity contribution >= 4 is 11.8 Å². The van der Waals surface area contributed by atoms with Gasteiger partial charge in [-0.1, -0.05) is 18.2 Å². The maximum Gasteiger partial charge on any atom is 0.0950 e. The largest absolute Gasteiger partial charge is 0.472 e. The van der Waals surface area contributed by atoms with Gasteiger partial charge in [0.2, 0.25) is 0 Å². The first-order chi connectivity index (χ1) is 8.84. The lowest BCUT2D eigenvalue weighted by Gasteiger charge is -2.28. The highest BCUT2D eigenvalue weighted by molar-refractivity contribution is 7.99. The van der Waals surface area contributed by atoms with Gasteiger partial charge in [-0.05, 0) is 36.8 Å². The summed E-state index contributed by atoms with van der Waals surface area (Å²) in [4.78, 5) is 1.42. The molecule has 1 aliphatic rings. The van der Waals surface area contributed by atoms with Crippen LogP contribution in [0.15, 0.2) is 52.2 Å². The van der Waals surface area contributed by atoms with E-state index >= 15 is 0 Å². The van der Waals surface area contributed by atoms with Crippen LogP contribution in [0.3, 0.4) is 0 Å². The zero-order valence-electron chi connectivity index (χ0n) is 10.4. The summed E-state index contributed by atoms with van der Waals surface area (Å²) in [5, 5.41) is 3.70. The molecule has 2 nitrogen and oxygen atoms in total. The van der Waals surface area contributed by atoms with E-state index < -0.39 is 0 Å². The topological polar surface area (TPSA) is 25.2 Å². The number of hydrogen-bond acceptors (Lipinski definition) is 3. The van der Waals surface area contributed by atoms with Crippen molar-refractivity contribution in [2.45, 2.75) is 30.3 Å². The number of rotatable bonds is 3. The molecule has 1 aromatic heterocycles. The molecule has 18 heavy (non-hydrogen) atoms. The highest BCUT2D eigenvalue weighted by atomic mass is 32.2. The smallest absolute Gasteiger partial charge is 0.0950 e. The van der Waals surface area contributed by atoms with E-state index in [1.165, 1.54) is 28.2 Å². The maximum atomic E-state index is 5.15. The van der Waals surface area contributed by atoms with Gasteiger partial charge in [0.1, 0.15) is 0 Å². The first-order valence-electron chi connectivity index (χ1n) is 6.34. The van der Waals surface area contributed by atoms with Crippen LogP contribution >= 0.6 is 11.8 Å². The minimum absolute atomic E-state index is 0.324. The number of hydrogen-bond donors (Lipinski definition) is 1. The van der Waals surface area contributed by atoms with Crippen molar-refractivity contribution in [3.05, 3.63) is 54.0 Å². The van der Waals surface area contributed by atoms with Crippen molar-refractivity contribution in [2.75, 3.05) is 5.75 Å². The molecule has 0 amide bonds. The third-order valence-electron chi connectivity index (χ3n) is 3.45. The van der Waals surface area contributed by atoms with Gasteiger partial charge in [-0.25, -0.2) is 0 Å². The molecule has 2 heterocycles. The number of thioether (sulfide) groups is 1. The van der Waals surface area contributed by atoms with Gasteiger partial charge >= 0.3 is 0 Å². The van der Waals surface area contributed by atoms with Crippen LogP contribution in [0.25, 0.3) is 0 Å². The van der Waals surface area contributed by atoms with E-state index in [9.17, 15) is 0 Å². The van der Waals surface area contributed by atoms with E-state index in [0.29, 0.717) is 12.1 Å². The van der Waals surface area contributed by atoms with Crippen LogP contribution < -0.4 is 5.32 Å². The normalized spacial score (nSPS) is 20.4. The summed E-state index contributed by atoms with van der Waals surface area (Å²) >= 11 is 1.96. The Hall–Kier alpha value is -1.19. The van der Waals surface area contributed by atoms with E-state index in [-0.39, 0.29) is 0 Å². The molecule has 1 aliphatic heterocycles. The zero-order chi connectivity index (χ0) is 12.4. The second-order valence-electron chi connectivity index (χ2n) is 4.67. The number of nitrogens with one attached hydrogen (secondary N) is 1. The van der Waals surface area contributed by atoms with Crippen LogP contribution in [0.4, 0.5) is 0 Å². The highest BCUT2D eigenvalue weighted by Gasteiger charge is 2.22. The summed E-state index contributed by atoms with van der Waals surface area (Å²) < 4.78 is 5.15. The molecule has 0 aliphatic carbocycles. The Morgan fingerprint density at radius 1 is 1.33 bits per heavy atom. The monoisotopic (exact) mass is 259 g/mol. The van der Waals surface area contributed by atoms with Crippen molar-refractivity contribution in [2.24, 2.45) is 0 Å². The molecule has 1 aromatic carbocycles. The fraction of sp³-hybridized carbons (Fsp3) is 0.333. The summed E-state index contributed by atoms with van der Waals surface area (Å²) in [5.74, 6) is 1.19. The van der Waals surface area contributed by atoms with Gasteiger partial charge in [0, 0.05) is 22.5 Å². The number of furan rings is 1. The Balaban J connectivity index is 1.78. The minimum atomic E-state index is 0.324. The molecule has 0 spiro atoms. The Morgan fingerprint density at radius 2 is 2.22 bits per heavy atom. The van der Waals surface area contributed by atoms with E-state index in [1.54, 1.807) is 6.26 Å². The van der Waals surface area contributed by atoms with Gasteiger partial charge < -0.3 is 9.73 Å². The molecule has 0 bridgehead atoms. The summed E-state index contributed by atoms with van der Waals surface area (Å²) in [7, 11) is 0. The third kappa shape index (κ3) is 2.33. The van der Waals surface area contributed by atoms with Gasteiger partial charge in [0.05, 0.1) is 12.5 Å². The fourth-order valence-electron chi connectivity index (χ4n) is 2.43.